The minimum atomic E-state index is 0.497. The quantitative estimate of drug-likeness (QED) is 0.764. The van der Waals surface area contributed by atoms with Crippen molar-refractivity contribution in [2.75, 3.05) is 19.5 Å². The van der Waals surface area contributed by atoms with E-state index in [0.717, 1.165) is 16.9 Å². The van der Waals surface area contributed by atoms with Gasteiger partial charge in [0.25, 0.3) is 0 Å². The number of anilines is 1. The van der Waals surface area contributed by atoms with Gasteiger partial charge in [0.1, 0.15) is 5.82 Å². The minimum absolute atomic E-state index is 0.497. The summed E-state index contributed by atoms with van der Waals surface area (Å²) in [5.41, 5.74) is 8.45. The van der Waals surface area contributed by atoms with Crippen molar-refractivity contribution in [1.29, 1.82) is 0 Å². The molecule has 0 bridgehead atoms. The van der Waals surface area contributed by atoms with E-state index in [1.807, 2.05) is 21.5 Å². The Morgan fingerprint density at radius 1 is 1.24 bits per heavy atom. The SMILES string of the molecule is COCCn1cc(-n2cncc2-c2ccc(N)nc2)cn1. The predicted octanol–water partition coefficient (Wildman–Crippen LogP) is 1.36. The number of hydrogen-bond donors (Lipinski definition) is 1. The maximum Gasteiger partial charge on any atom is 0.123 e. The number of imidazole rings is 1. The number of aromatic nitrogens is 5. The predicted molar refractivity (Wildman–Crippen MR) is 78.9 cm³/mol. The van der Waals surface area contributed by atoms with Crippen molar-refractivity contribution in [3.05, 3.63) is 43.2 Å². The molecule has 0 aliphatic rings. The van der Waals surface area contributed by atoms with E-state index in [9.17, 15) is 0 Å². The smallest absolute Gasteiger partial charge is 0.123 e. The fraction of sp³-hybridized carbons (Fsp3) is 0.214. The van der Waals surface area contributed by atoms with Crippen molar-refractivity contribution in [1.82, 2.24) is 24.3 Å². The number of hydrogen-bond acceptors (Lipinski definition) is 5. The first-order valence-electron chi connectivity index (χ1n) is 6.54. The van der Waals surface area contributed by atoms with Crippen LogP contribution in [0, 0.1) is 0 Å². The minimum Gasteiger partial charge on any atom is -0.384 e. The Hall–Kier alpha value is -2.67. The lowest BCUT2D eigenvalue weighted by molar-refractivity contribution is 0.183. The van der Waals surface area contributed by atoms with Crippen LogP contribution in [0.2, 0.25) is 0 Å². The normalized spacial score (nSPS) is 10.9. The Labute approximate surface area is 122 Å². The molecule has 7 nitrogen and oxygen atoms in total. The topological polar surface area (TPSA) is 83.8 Å². The highest BCUT2D eigenvalue weighted by molar-refractivity contribution is 5.61. The second-order valence-electron chi connectivity index (χ2n) is 4.58. The van der Waals surface area contributed by atoms with Crippen LogP contribution in [0.4, 0.5) is 5.82 Å². The van der Waals surface area contributed by atoms with Gasteiger partial charge in [0.05, 0.1) is 43.3 Å². The van der Waals surface area contributed by atoms with Crippen LogP contribution in [0.15, 0.2) is 43.2 Å². The number of ether oxygens (including phenoxy) is 1. The monoisotopic (exact) mass is 284 g/mol. The molecule has 21 heavy (non-hydrogen) atoms. The van der Waals surface area contributed by atoms with Gasteiger partial charge in [-0.1, -0.05) is 0 Å². The van der Waals surface area contributed by atoms with Crippen molar-refractivity contribution in [2.24, 2.45) is 0 Å². The summed E-state index contributed by atoms with van der Waals surface area (Å²) in [6, 6.07) is 3.69. The summed E-state index contributed by atoms with van der Waals surface area (Å²) in [5, 5.41) is 4.31. The van der Waals surface area contributed by atoms with Gasteiger partial charge in [-0.3, -0.25) is 9.25 Å². The number of methoxy groups -OCH3 is 1. The Bertz CT molecular complexity index is 715. The van der Waals surface area contributed by atoms with E-state index in [1.165, 1.54) is 0 Å². The van der Waals surface area contributed by atoms with Crippen LogP contribution in [0.25, 0.3) is 16.9 Å². The van der Waals surface area contributed by atoms with Crippen LogP contribution in [0.3, 0.4) is 0 Å². The van der Waals surface area contributed by atoms with E-state index in [0.29, 0.717) is 19.0 Å². The summed E-state index contributed by atoms with van der Waals surface area (Å²) in [4.78, 5) is 8.33. The van der Waals surface area contributed by atoms with Crippen LogP contribution in [0.5, 0.6) is 0 Å². The summed E-state index contributed by atoms with van der Waals surface area (Å²) in [5.74, 6) is 0.497. The summed E-state index contributed by atoms with van der Waals surface area (Å²) < 4.78 is 8.85. The third-order valence-corrected chi connectivity index (χ3v) is 3.14. The fourth-order valence-electron chi connectivity index (χ4n) is 2.06. The zero-order chi connectivity index (χ0) is 14.7. The van der Waals surface area contributed by atoms with E-state index >= 15 is 0 Å². The van der Waals surface area contributed by atoms with Crippen molar-refractivity contribution < 1.29 is 4.74 Å². The van der Waals surface area contributed by atoms with Crippen LogP contribution in [0.1, 0.15) is 0 Å². The van der Waals surface area contributed by atoms with Crippen LogP contribution < -0.4 is 5.73 Å². The zero-order valence-corrected chi connectivity index (χ0v) is 11.7. The molecule has 0 aromatic carbocycles. The van der Waals surface area contributed by atoms with Gasteiger partial charge in [0.15, 0.2) is 0 Å². The molecule has 0 fully saturated rings. The molecular weight excluding hydrogens is 268 g/mol. The van der Waals surface area contributed by atoms with Crippen LogP contribution in [-0.4, -0.2) is 38.0 Å². The summed E-state index contributed by atoms with van der Waals surface area (Å²) >= 11 is 0. The van der Waals surface area contributed by atoms with Crippen molar-refractivity contribution in [2.45, 2.75) is 6.54 Å². The molecule has 0 radical (unpaired) electrons. The maximum absolute atomic E-state index is 5.62. The molecule has 3 rings (SSSR count). The van der Waals surface area contributed by atoms with Gasteiger partial charge in [-0.25, -0.2) is 9.97 Å². The average Bonchev–Trinajstić information content (AvgIpc) is 3.14. The van der Waals surface area contributed by atoms with Crippen molar-refractivity contribution in [3.63, 3.8) is 0 Å². The molecule has 0 unspecified atom stereocenters. The molecular formula is C14H16N6O. The number of nitrogen functional groups attached to an aromatic ring is 1. The van der Waals surface area contributed by atoms with E-state index in [-0.39, 0.29) is 0 Å². The number of rotatable bonds is 5. The van der Waals surface area contributed by atoms with Crippen LogP contribution >= 0.6 is 0 Å². The van der Waals surface area contributed by atoms with Crippen molar-refractivity contribution >= 4 is 5.82 Å². The molecule has 2 N–H and O–H groups in total. The van der Waals surface area contributed by atoms with E-state index in [1.54, 1.807) is 38.1 Å². The molecule has 3 aromatic rings. The molecule has 0 spiro atoms. The second-order valence-corrected chi connectivity index (χ2v) is 4.58. The molecule has 0 aliphatic carbocycles. The molecule has 3 aromatic heterocycles. The number of nitrogens with two attached hydrogens (primary N) is 1. The third kappa shape index (κ3) is 2.77. The van der Waals surface area contributed by atoms with Gasteiger partial charge in [0.2, 0.25) is 0 Å². The molecule has 7 heteroatoms. The van der Waals surface area contributed by atoms with Gasteiger partial charge < -0.3 is 10.5 Å². The third-order valence-electron chi connectivity index (χ3n) is 3.14. The van der Waals surface area contributed by atoms with Crippen LogP contribution in [-0.2, 0) is 11.3 Å². The molecule has 0 atom stereocenters. The fourth-order valence-corrected chi connectivity index (χ4v) is 2.06. The average molecular weight is 284 g/mol. The van der Waals surface area contributed by atoms with Gasteiger partial charge in [-0.15, -0.1) is 0 Å². The number of nitrogens with zero attached hydrogens (tertiary/aromatic N) is 5. The molecule has 0 aliphatic heterocycles. The van der Waals surface area contributed by atoms with E-state index < -0.39 is 0 Å². The summed E-state index contributed by atoms with van der Waals surface area (Å²) in [6.07, 6.45) is 9.03. The molecule has 0 saturated heterocycles. The molecule has 0 saturated carbocycles. The highest BCUT2D eigenvalue weighted by Crippen LogP contribution is 2.22. The van der Waals surface area contributed by atoms with E-state index in [2.05, 4.69) is 15.1 Å². The molecule has 3 heterocycles. The lowest BCUT2D eigenvalue weighted by Gasteiger charge is -2.05. The maximum atomic E-state index is 5.62. The largest absolute Gasteiger partial charge is 0.384 e. The first-order chi connectivity index (χ1) is 10.3. The summed E-state index contributed by atoms with van der Waals surface area (Å²) in [6.45, 7) is 1.34. The Morgan fingerprint density at radius 3 is 2.90 bits per heavy atom. The standard InChI is InChI=1S/C14H16N6O/c1-21-5-4-19-9-12(7-18-19)20-10-16-8-13(20)11-2-3-14(15)17-6-11/h2-3,6-10H,4-5H2,1H3,(H2,15,17). The Balaban J connectivity index is 1.91. The number of pyridine rings is 1. The second kappa shape index (κ2) is 5.76. The van der Waals surface area contributed by atoms with Gasteiger partial charge in [-0.05, 0) is 12.1 Å². The van der Waals surface area contributed by atoms with Crippen molar-refractivity contribution in [3.8, 4) is 16.9 Å². The highest BCUT2D eigenvalue weighted by Gasteiger charge is 2.09. The lowest BCUT2D eigenvalue weighted by Crippen LogP contribution is -2.04. The lowest BCUT2D eigenvalue weighted by atomic mass is 10.2. The highest BCUT2D eigenvalue weighted by atomic mass is 16.5. The van der Waals surface area contributed by atoms with Gasteiger partial charge in [0, 0.05) is 25.1 Å². The van der Waals surface area contributed by atoms with Gasteiger partial charge in [-0.2, -0.15) is 5.10 Å². The first-order valence-corrected chi connectivity index (χ1v) is 6.54. The zero-order valence-electron chi connectivity index (χ0n) is 11.7. The molecule has 0 amide bonds. The van der Waals surface area contributed by atoms with E-state index in [4.69, 9.17) is 10.5 Å². The first kappa shape index (κ1) is 13.3. The summed E-state index contributed by atoms with van der Waals surface area (Å²) in [7, 11) is 1.67. The Kier molecular flexibility index (Phi) is 3.65. The van der Waals surface area contributed by atoms with Gasteiger partial charge >= 0.3 is 0 Å². The Morgan fingerprint density at radius 2 is 2.14 bits per heavy atom. The molecule has 108 valence electrons.